The zero-order valence-electron chi connectivity index (χ0n) is 12.0. The topological polar surface area (TPSA) is 63.9 Å². The molecular weight excluding hydrogens is 260 g/mol. The Hall–Kier alpha value is -1.37. The van der Waals surface area contributed by atoms with Crippen molar-refractivity contribution < 1.29 is 18.7 Å². The van der Waals surface area contributed by atoms with Gasteiger partial charge in [0.15, 0.2) is 0 Å². The molecule has 1 aliphatic rings. The van der Waals surface area contributed by atoms with E-state index in [0.29, 0.717) is 19.7 Å². The van der Waals surface area contributed by atoms with E-state index in [1.165, 1.54) is 0 Å². The number of likely N-dealkylation sites (tertiary alicyclic amines) is 1. The van der Waals surface area contributed by atoms with Gasteiger partial charge in [0.25, 0.3) is 0 Å². The Kier molecular flexibility index (Phi) is 5.58. The Balaban J connectivity index is 1.79. The van der Waals surface area contributed by atoms with Gasteiger partial charge < -0.3 is 19.2 Å². The second-order valence-electron chi connectivity index (χ2n) is 4.99. The summed E-state index contributed by atoms with van der Waals surface area (Å²) in [5, 5.41) is 2.85. The molecule has 1 aromatic rings. The number of carbonyl (C=O) groups is 1. The van der Waals surface area contributed by atoms with E-state index < -0.39 is 0 Å². The molecule has 20 heavy (non-hydrogen) atoms. The third kappa shape index (κ3) is 4.06. The minimum Gasteiger partial charge on any atom is -0.467 e. The van der Waals surface area contributed by atoms with Crippen LogP contribution in [0.4, 0.5) is 0 Å². The summed E-state index contributed by atoms with van der Waals surface area (Å²) in [6.07, 6.45) is 2.67. The van der Waals surface area contributed by atoms with Gasteiger partial charge >= 0.3 is 0 Å². The molecule has 1 aromatic heterocycles. The van der Waals surface area contributed by atoms with Gasteiger partial charge in [-0.15, -0.1) is 0 Å². The van der Waals surface area contributed by atoms with Gasteiger partial charge in [0, 0.05) is 26.8 Å². The summed E-state index contributed by atoms with van der Waals surface area (Å²) >= 11 is 0. The number of methoxy groups -OCH3 is 2. The van der Waals surface area contributed by atoms with Crippen molar-refractivity contribution in [2.45, 2.75) is 25.1 Å². The highest BCUT2D eigenvalue weighted by Gasteiger charge is 2.33. The third-order valence-corrected chi connectivity index (χ3v) is 3.57. The van der Waals surface area contributed by atoms with E-state index in [1.807, 2.05) is 6.07 Å². The van der Waals surface area contributed by atoms with E-state index >= 15 is 0 Å². The van der Waals surface area contributed by atoms with Gasteiger partial charge in [0.05, 0.1) is 32.1 Å². The van der Waals surface area contributed by atoms with Crippen molar-refractivity contribution in [2.24, 2.45) is 0 Å². The van der Waals surface area contributed by atoms with E-state index in [2.05, 4.69) is 10.2 Å². The van der Waals surface area contributed by atoms with Crippen LogP contribution in [-0.2, 0) is 20.8 Å². The van der Waals surface area contributed by atoms with Crippen LogP contribution in [0, 0.1) is 0 Å². The predicted molar refractivity (Wildman–Crippen MR) is 73.2 cm³/mol. The second kappa shape index (κ2) is 7.42. The fraction of sp³-hybridized carbons (Fsp3) is 0.643. The molecule has 0 aromatic carbocycles. The van der Waals surface area contributed by atoms with Crippen LogP contribution in [0.3, 0.4) is 0 Å². The lowest BCUT2D eigenvalue weighted by atomic mass is 10.2. The Morgan fingerprint density at radius 1 is 1.55 bits per heavy atom. The van der Waals surface area contributed by atoms with Crippen molar-refractivity contribution in [3.63, 3.8) is 0 Å². The highest BCUT2D eigenvalue weighted by Crippen LogP contribution is 2.19. The van der Waals surface area contributed by atoms with Crippen LogP contribution in [0.1, 0.15) is 12.2 Å². The summed E-state index contributed by atoms with van der Waals surface area (Å²) < 4.78 is 15.8. The summed E-state index contributed by atoms with van der Waals surface area (Å²) in [5.74, 6) is 0.738. The molecule has 0 radical (unpaired) electrons. The first-order valence-corrected chi connectivity index (χ1v) is 6.77. The van der Waals surface area contributed by atoms with E-state index in [0.717, 1.165) is 18.7 Å². The van der Waals surface area contributed by atoms with Crippen molar-refractivity contribution in [3.8, 4) is 0 Å². The first-order valence-electron chi connectivity index (χ1n) is 6.77. The van der Waals surface area contributed by atoms with Gasteiger partial charge in [-0.3, -0.25) is 9.69 Å². The number of furan rings is 1. The SMILES string of the molecule is COC[C@@H]1C[C@@H](OC)CN1CC(=O)NCc1ccco1. The van der Waals surface area contributed by atoms with Crippen molar-refractivity contribution in [2.75, 3.05) is 33.9 Å². The highest BCUT2D eigenvalue weighted by molar-refractivity contribution is 5.78. The van der Waals surface area contributed by atoms with Crippen LogP contribution >= 0.6 is 0 Å². The largest absolute Gasteiger partial charge is 0.467 e. The molecule has 1 N–H and O–H groups in total. The lowest BCUT2D eigenvalue weighted by molar-refractivity contribution is -0.123. The van der Waals surface area contributed by atoms with Crippen molar-refractivity contribution in [3.05, 3.63) is 24.2 Å². The lowest BCUT2D eigenvalue weighted by Crippen LogP contribution is -2.41. The van der Waals surface area contributed by atoms with Crippen LogP contribution < -0.4 is 5.32 Å². The van der Waals surface area contributed by atoms with Gasteiger partial charge in [-0.05, 0) is 18.6 Å². The maximum absolute atomic E-state index is 12.0. The standard InChI is InChI=1S/C14H22N2O4/c1-18-10-11-6-13(19-2)8-16(11)9-14(17)15-7-12-4-3-5-20-12/h3-5,11,13H,6-10H2,1-2H3,(H,15,17)/t11-,13+/m0/s1. The maximum atomic E-state index is 12.0. The number of hydrogen-bond donors (Lipinski definition) is 1. The minimum absolute atomic E-state index is 0.0146. The number of carbonyl (C=O) groups excluding carboxylic acids is 1. The molecule has 0 bridgehead atoms. The smallest absolute Gasteiger partial charge is 0.234 e. The van der Waals surface area contributed by atoms with E-state index in [4.69, 9.17) is 13.9 Å². The van der Waals surface area contributed by atoms with Crippen molar-refractivity contribution in [1.29, 1.82) is 0 Å². The number of amides is 1. The molecule has 6 heteroatoms. The molecule has 2 atom stereocenters. The van der Waals surface area contributed by atoms with Gasteiger partial charge in [-0.2, -0.15) is 0 Å². The average Bonchev–Trinajstić information content (AvgIpc) is 3.07. The van der Waals surface area contributed by atoms with Gasteiger partial charge in [-0.25, -0.2) is 0 Å². The molecule has 2 heterocycles. The van der Waals surface area contributed by atoms with E-state index in [-0.39, 0.29) is 18.1 Å². The Morgan fingerprint density at radius 2 is 2.40 bits per heavy atom. The quantitative estimate of drug-likeness (QED) is 0.795. The van der Waals surface area contributed by atoms with Crippen LogP contribution in [0.15, 0.2) is 22.8 Å². The fourth-order valence-electron chi connectivity index (χ4n) is 2.51. The Bertz CT molecular complexity index is 407. The molecule has 2 rings (SSSR count). The summed E-state index contributed by atoms with van der Waals surface area (Å²) in [4.78, 5) is 14.1. The summed E-state index contributed by atoms with van der Waals surface area (Å²) in [6.45, 7) is 2.15. The zero-order chi connectivity index (χ0) is 14.4. The third-order valence-electron chi connectivity index (χ3n) is 3.57. The zero-order valence-corrected chi connectivity index (χ0v) is 12.0. The normalized spacial score (nSPS) is 23.1. The molecule has 0 saturated carbocycles. The van der Waals surface area contributed by atoms with Gasteiger partial charge in [-0.1, -0.05) is 0 Å². The molecule has 1 fully saturated rings. The van der Waals surface area contributed by atoms with Gasteiger partial charge in [0.1, 0.15) is 5.76 Å². The molecule has 1 saturated heterocycles. The number of ether oxygens (including phenoxy) is 2. The fourth-order valence-corrected chi connectivity index (χ4v) is 2.51. The van der Waals surface area contributed by atoms with Crippen LogP contribution in [0.5, 0.6) is 0 Å². The molecule has 1 amide bonds. The Morgan fingerprint density at radius 3 is 3.05 bits per heavy atom. The molecule has 6 nitrogen and oxygen atoms in total. The number of hydrogen-bond acceptors (Lipinski definition) is 5. The Labute approximate surface area is 119 Å². The first-order chi connectivity index (χ1) is 9.72. The van der Waals surface area contributed by atoms with E-state index in [9.17, 15) is 4.79 Å². The van der Waals surface area contributed by atoms with E-state index in [1.54, 1.807) is 26.5 Å². The maximum Gasteiger partial charge on any atom is 0.234 e. The molecule has 1 aliphatic heterocycles. The number of nitrogens with zero attached hydrogens (tertiary/aromatic N) is 1. The van der Waals surface area contributed by atoms with Crippen LogP contribution in [-0.4, -0.2) is 56.9 Å². The highest BCUT2D eigenvalue weighted by atomic mass is 16.5. The summed E-state index contributed by atoms with van der Waals surface area (Å²) in [6, 6.07) is 3.88. The molecular formula is C14H22N2O4. The van der Waals surface area contributed by atoms with Crippen LogP contribution in [0.2, 0.25) is 0 Å². The van der Waals surface area contributed by atoms with Crippen LogP contribution in [0.25, 0.3) is 0 Å². The van der Waals surface area contributed by atoms with Crippen molar-refractivity contribution >= 4 is 5.91 Å². The molecule has 0 aliphatic carbocycles. The summed E-state index contributed by atoms with van der Waals surface area (Å²) in [7, 11) is 3.38. The van der Waals surface area contributed by atoms with Crippen molar-refractivity contribution in [1.82, 2.24) is 10.2 Å². The number of rotatable bonds is 7. The minimum atomic E-state index is -0.0146. The first kappa shape index (κ1) is 15.0. The molecule has 0 spiro atoms. The lowest BCUT2D eigenvalue weighted by Gasteiger charge is -2.22. The summed E-state index contributed by atoms with van der Waals surface area (Å²) in [5.41, 5.74) is 0. The molecule has 0 unspecified atom stereocenters. The average molecular weight is 282 g/mol. The van der Waals surface area contributed by atoms with Gasteiger partial charge in [0.2, 0.25) is 5.91 Å². The second-order valence-corrected chi connectivity index (χ2v) is 4.99. The number of nitrogens with one attached hydrogen (secondary N) is 1. The predicted octanol–water partition coefficient (Wildman–Crippen LogP) is 0.632. The molecule has 112 valence electrons. The monoisotopic (exact) mass is 282 g/mol.